The number of hydrogen-bond acceptors (Lipinski definition) is 3. The fraction of sp³-hybridized carbons (Fsp3) is 0.214. The molecule has 0 atom stereocenters. The van der Waals surface area contributed by atoms with E-state index in [1.807, 2.05) is 0 Å². The predicted molar refractivity (Wildman–Crippen MR) is 71.4 cm³/mol. The van der Waals surface area contributed by atoms with E-state index in [1.54, 1.807) is 12.1 Å². The number of hydrogen-bond donors (Lipinski definition) is 3. The number of carbonyl (C=O) groups excluding carboxylic acids is 1. The van der Waals surface area contributed by atoms with Gasteiger partial charge in [-0.1, -0.05) is 0 Å². The van der Waals surface area contributed by atoms with Gasteiger partial charge in [-0.05, 0) is 41.3 Å². The number of carboxylic acids is 2. The highest BCUT2D eigenvalue weighted by Crippen LogP contribution is 2.27. The van der Waals surface area contributed by atoms with Crippen molar-refractivity contribution in [1.82, 2.24) is 0 Å². The first-order valence-electron chi connectivity index (χ1n) is 6.04. The van der Waals surface area contributed by atoms with Gasteiger partial charge in [0.1, 0.15) is 0 Å². The van der Waals surface area contributed by atoms with Crippen LogP contribution in [0.4, 0.5) is 5.69 Å². The molecule has 1 aliphatic heterocycles. The molecule has 104 valence electrons. The van der Waals surface area contributed by atoms with Gasteiger partial charge < -0.3 is 15.5 Å². The number of aliphatic carboxylic acids is 2. The van der Waals surface area contributed by atoms with Crippen molar-refractivity contribution >= 4 is 29.6 Å². The molecule has 0 aromatic heterocycles. The van der Waals surface area contributed by atoms with E-state index in [-0.39, 0.29) is 12.3 Å². The van der Waals surface area contributed by atoms with Crippen LogP contribution in [0.2, 0.25) is 0 Å². The summed E-state index contributed by atoms with van der Waals surface area (Å²) in [5, 5.41) is 20.3. The van der Waals surface area contributed by atoms with Gasteiger partial charge in [-0.3, -0.25) is 9.59 Å². The van der Waals surface area contributed by atoms with Gasteiger partial charge >= 0.3 is 11.9 Å². The smallest absolute Gasteiger partial charge is 0.328 e. The molecular weight excluding hydrogens is 262 g/mol. The van der Waals surface area contributed by atoms with E-state index in [2.05, 4.69) is 5.32 Å². The Kier molecular flexibility index (Phi) is 3.84. The number of benzene rings is 1. The third-order valence-corrected chi connectivity index (χ3v) is 3.01. The number of amides is 1. The van der Waals surface area contributed by atoms with Gasteiger partial charge in [-0.2, -0.15) is 0 Å². The molecule has 1 aromatic carbocycles. The van der Waals surface area contributed by atoms with E-state index in [9.17, 15) is 14.4 Å². The third kappa shape index (κ3) is 3.23. The van der Waals surface area contributed by atoms with E-state index in [0.717, 1.165) is 11.6 Å². The highest BCUT2D eigenvalue weighted by atomic mass is 16.4. The summed E-state index contributed by atoms with van der Waals surface area (Å²) in [6.45, 7) is 0. The molecule has 1 heterocycles. The number of carboxylic acid groups (broad SMARTS) is 2. The van der Waals surface area contributed by atoms with Crippen LogP contribution in [0.15, 0.2) is 18.2 Å². The van der Waals surface area contributed by atoms with Gasteiger partial charge in [0.05, 0.1) is 6.42 Å². The van der Waals surface area contributed by atoms with E-state index in [4.69, 9.17) is 10.2 Å². The molecular formula is C14H13NO5. The lowest BCUT2D eigenvalue weighted by atomic mass is 9.94. The molecule has 0 unspecified atom stereocenters. The number of nitrogens with one attached hydrogen (secondary N) is 1. The second-order valence-corrected chi connectivity index (χ2v) is 4.50. The van der Waals surface area contributed by atoms with Crippen LogP contribution >= 0.6 is 0 Å². The second kappa shape index (κ2) is 5.56. The van der Waals surface area contributed by atoms with Gasteiger partial charge in [-0.25, -0.2) is 4.79 Å². The first-order chi connectivity index (χ1) is 9.45. The maximum atomic E-state index is 11.3. The molecule has 2 rings (SSSR count). The van der Waals surface area contributed by atoms with Crippen molar-refractivity contribution in [3.8, 4) is 0 Å². The molecule has 3 N–H and O–H groups in total. The van der Waals surface area contributed by atoms with E-state index in [1.165, 1.54) is 6.08 Å². The summed E-state index contributed by atoms with van der Waals surface area (Å²) >= 11 is 0. The zero-order valence-electron chi connectivity index (χ0n) is 10.5. The van der Waals surface area contributed by atoms with Gasteiger partial charge in [0, 0.05) is 18.2 Å². The Bertz CT molecular complexity index is 618. The van der Waals surface area contributed by atoms with Crippen LogP contribution < -0.4 is 5.32 Å². The van der Waals surface area contributed by atoms with Crippen molar-refractivity contribution in [2.75, 3.05) is 5.32 Å². The number of fused-ring (bicyclic) bond motifs is 1. The zero-order valence-corrected chi connectivity index (χ0v) is 10.5. The fourth-order valence-corrected chi connectivity index (χ4v) is 2.12. The van der Waals surface area contributed by atoms with Gasteiger partial charge in [-0.15, -0.1) is 0 Å². The lowest BCUT2D eigenvalue weighted by Gasteiger charge is -2.19. The molecule has 1 aromatic rings. The van der Waals surface area contributed by atoms with Crippen molar-refractivity contribution in [1.29, 1.82) is 0 Å². The molecule has 0 radical (unpaired) electrons. The molecule has 6 heteroatoms. The Morgan fingerprint density at radius 2 is 2.00 bits per heavy atom. The zero-order chi connectivity index (χ0) is 14.7. The topological polar surface area (TPSA) is 104 Å². The minimum absolute atomic E-state index is 0.104. The predicted octanol–water partition coefficient (Wildman–Crippen LogP) is 1.30. The average Bonchev–Trinajstić information content (AvgIpc) is 2.35. The minimum Gasteiger partial charge on any atom is -0.481 e. The number of aryl methyl sites for hydroxylation is 1. The Morgan fingerprint density at radius 3 is 2.65 bits per heavy atom. The van der Waals surface area contributed by atoms with Crippen molar-refractivity contribution in [3.05, 3.63) is 34.9 Å². The van der Waals surface area contributed by atoms with Crippen LogP contribution in [-0.4, -0.2) is 28.1 Å². The maximum Gasteiger partial charge on any atom is 0.328 e. The first-order valence-corrected chi connectivity index (χ1v) is 6.04. The fourth-order valence-electron chi connectivity index (χ4n) is 2.12. The quantitative estimate of drug-likeness (QED) is 0.718. The number of rotatable bonds is 4. The first kappa shape index (κ1) is 13.8. The molecule has 0 spiro atoms. The summed E-state index contributed by atoms with van der Waals surface area (Å²) in [5.41, 5.74) is 2.49. The Balaban J connectivity index is 2.45. The molecule has 0 aliphatic carbocycles. The lowest BCUT2D eigenvalue weighted by molar-refractivity contribution is -0.136. The highest BCUT2D eigenvalue weighted by molar-refractivity contribution is 5.95. The van der Waals surface area contributed by atoms with Crippen LogP contribution in [-0.2, 0) is 27.2 Å². The van der Waals surface area contributed by atoms with E-state index in [0.29, 0.717) is 29.7 Å². The van der Waals surface area contributed by atoms with Crippen LogP contribution in [0, 0.1) is 0 Å². The minimum atomic E-state index is -1.10. The summed E-state index contributed by atoms with van der Waals surface area (Å²) < 4.78 is 0. The highest BCUT2D eigenvalue weighted by Gasteiger charge is 2.17. The molecule has 0 fully saturated rings. The number of carbonyl (C=O) groups is 3. The van der Waals surface area contributed by atoms with Crippen LogP contribution in [0.1, 0.15) is 23.1 Å². The average molecular weight is 275 g/mol. The Hall–Kier alpha value is -2.63. The van der Waals surface area contributed by atoms with Crippen LogP contribution in [0.25, 0.3) is 6.08 Å². The standard InChI is InChI=1S/C14H13NO5/c16-12-3-1-9-5-8(2-4-13(17)18)10(7-14(19)20)6-11(9)15-12/h2,4-6H,1,3,7H2,(H,15,16)(H,17,18)(H,19,20). The second-order valence-electron chi connectivity index (χ2n) is 4.50. The number of anilines is 1. The summed E-state index contributed by atoms with van der Waals surface area (Å²) in [6, 6.07) is 3.33. The molecule has 0 saturated carbocycles. The van der Waals surface area contributed by atoms with Gasteiger partial charge in [0.15, 0.2) is 0 Å². The SMILES string of the molecule is O=C(O)C=Cc1cc2c(cc1CC(=O)O)NC(=O)CC2. The molecule has 1 amide bonds. The maximum absolute atomic E-state index is 11.3. The van der Waals surface area contributed by atoms with Crippen molar-refractivity contribution in [2.45, 2.75) is 19.3 Å². The Labute approximate surface area is 114 Å². The van der Waals surface area contributed by atoms with Crippen LogP contribution in [0.3, 0.4) is 0 Å². The molecule has 6 nitrogen and oxygen atoms in total. The normalized spacial score (nSPS) is 13.9. The summed E-state index contributed by atoms with van der Waals surface area (Å²) in [7, 11) is 0. The van der Waals surface area contributed by atoms with E-state index >= 15 is 0 Å². The van der Waals surface area contributed by atoms with Gasteiger partial charge in [0.2, 0.25) is 5.91 Å². The van der Waals surface area contributed by atoms with Crippen molar-refractivity contribution in [2.24, 2.45) is 0 Å². The van der Waals surface area contributed by atoms with Crippen molar-refractivity contribution < 1.29 is 24.6 Å². The third-order valence-electron chi connectivity index (χ3n) is 3.01. The summed E-state index contributed by atoms with van der Waals surface area (Å²) in [4.78, 5) is 32.8. The summed E-state index contributed by atoms with van der Waals surface area (Å²) in [5.74, 6) is -2.22. The van der Waals surface area contributed by atoms with Crippen molar-refractivity contribution in [3.63, 3.8) is 0 Å². The molecule has 20 heavy (non-hydrogen) atoms. The van der Waals surface area contributed by atoms with Crippen LogP contribution in [0.5, 0.6) is 0 Å². The van der Waals surface area contributed by atoms with E-state index < -0.39 is 11.9 Å². The Morgan fingerprint density at radius 1 is 1.25 bits per heavy atom. The summed E-state index contributed by atoms with van der Waals surface area (Å²) in [6.07, 6.45) is 3.03. The monoisotopic (exact) mass is 275 g/mol. The molecule has 1 aliphatic rings. The molecule has 0 bridgehead atoms. The van der Waals surface area contributed by atoms with Gasteiger partial charge in [0.25, 0.3) is 0 Å². The lowest BCUT2D eigenvalue weighted by Crippen LogP contribution is -2.19. The largest absolute Gasteiger partial charge is 0.481 e. The molecule has 0 saturated heterocycles.